The van der Waals surface area contributed by atoms with E-state index >= 15 is 0 Å². The van der Waals surface area contributed by atoms with Crippen LogP contribution in [0.1, 0.15) is 29.7 Å². The first-order valence-corrected chi connectivity index (χ1v) is 7.83. The summed E-state index contributed by atoms with van der Waals surface area (Å²) >= 11 is 5.93. The van der Waals surface area contributed by atoms with E-state index in [0.29, 0.717) is 6.04 Å². The zero-order valence-corrected chi connectivity index (χ0v) is 13.3. The highest BCUT2D eigenvalue weighted by Gasteiger charge is 2.15. The van der Waals surface area contributed by atoms with Crippen molar-refractivity contribution < 1.29 is 0 Å². The minimum Gasteiger partial charge on any atom is -0.374 e. The maximum Gasteiger partial charge on any atom is 0.0406 e. The van der Waals surface area contributed by atoms with E-state index in [1.165, 1.54) is 22.4 Å². The third-order valence-electron chi connectivity index (χ3n) is 4.25. The first kappa shape index (κ1) is 14.4. The van der Waals surface area contributed by atoms with Crippen molar-refractivity contribution in [2.45, 2.75) is 25.9 Å². The summed E-state index contributed by atoms with van der Waals surface area (Å²) in [5.41, 5.74) is 5.46. The highest BCUT2D eigenvalue weighted by Crippen LogP contribution is 2.27. The van der Waals surface area contributed by atoms with Crippen LogP contribution < -0.4 is 10.2 Å². The number of rotatable bonds is 4. The Kier molecular flexibility index (Phi) is 4.18. The summed E-state index contributed by atoms with van der Waals surface area (Å²) in [4.78, 5) is 2.32. The zero-order valence-electron chi connectivity index (χ0n) is 12.6. The molecule has 0 aliphatic carbocycles. The molecule has 1 atom stereocenters. The zero-order chi connectivity index (χ0) is 14.8. The Balaban J connectivity index is 1.64. The van der Waals surface area contributed by atoms with Gasteiger partial charge in [-0.2, -0.15) is 0 Å². The smallest absolute Gasteiger partial charge is 0.0406 e. The molecule has 0 amide bonds. The van der Waals surface area contributed by atoms with E-state index < -0.39 is 0 Å². The van der Waals surface area contributed by atoms with Gasteiger partial charge in [0.05, 0.1) is 0 Å². The molecule has 3 rings (SSSR count). The first-order chi connectivity index (χ1) is 10.1. The molecule has 0 radical (unpaired) electrons. The average Bonchev–Trinajstić information content (AvgIpc) is 2.86. The quantitative estimate of drug-likeness (QED) is 0.911. The lowest BCUT2D eigenvalue weighted by Crippen LogP contribution is -2.18. The fourth-order valence-electron chi connectivity index (χ4n) is 2.87. The van der Waals surface area contributed by atoms with Gasteiger partial charge in [-0.3, -0.25) is 0 Å². The molecule has 2 aromatic carbocycles. The topological polar surface area (TPSA) is 15.3 Å². The number of benzene rings is 2. The molecule has 1 N–H and O–H groups in total. The molecule has 0 fully saturated rings. The highest BCUT2D eigenvalue weighted by molar-refractivity contribution is 6.30. The highest BCUT2D eigenvalue weighted by atomic mass is 35.5. The second-order valence-corrected chi connectivity index (χ2v) is 6.23. The van der Waals surface area contributed by atoms with Crippen LogP contribution in [0.15, 0.2) is 42.5 Å². The van der Waals surface area contributed by atoms with Gasteiger partial charge in [-0.05, 0) is 48.2 Å². The van der Waals surface area contributed by atoms with Crippen LogP contribution in [-0.2, 0) is 13.0 Å². The van der Waals surface area contributed by atoms with Crippen molar-refractivity contribution >= 4 is 17.3 Å². The van der Waals surface area contributed by atoms with Gasteiger partial charge in [0, 0.05) is 36.9 Å². The van der Waals surface area contributed by atoms with Crippen LogP contribution >= 0.6 is 11.6 Å². The SMILES string of the molecule is C[C@@H](NCc1ccc2c(c1)CCN2C)c1ccc(Cl)cc1. The molecule has 3 heteroatoms. The van der Waals surface area contributed by atoms with Crippen LogP contribution in [0.3, 0.4) is 0 Å². The standard InChI is InChI=1S/C18H21ClN2/c1-13(15-4-6-17(19)7-5-15)20-12-14-3-8-18-16(11-14)9-10-21(18)2/h3-8,11,13,20H,9-10,12H2,1-2H3/t13-/m1/s1. The van der Waals surface area contributed by atoms with Crippen LogP contribution in [0.25, 0.3) is 0 Å². The second-order valence-electron chi connectivity index (χ2n) is 5.79. The molecule has 0 saturated heterocycles. The van der Waals surface area contributed by atoms with Gasteiger partial charge in [-0.25, -0.2) is 0 Å². The van der Waals surface area contributed by atoms with Gasteiger partial charge in [0.1, 0.15) is 0 Å². The third kappa shape index (κ3) is 3.22. The molecule has 0 aromatic heterocycles. The third-order valence-corrected chi connectivity index (χ3v) is 4.51. The molecule has 0 spiro atoms. The number of hydrogen-bond acceptors (Lipinski definition) is 2. The lowest BCUT2D eigenvalue weighted by molar-refractivity contribution is 0.574. The van der Waals surface area contributed by atoms with Gasteiger partial charge in [0.2, 0.25) is 0 Å². The molecule has 1 aliphatic heterocycles. The maximum absolute atomic E-state index is 5.93. The molecule has 1 heterocycles. The molecule has 2 nitrogen and oxygen atoms in total. The number of nitrogens with zero attached hydrogens (tertiary/aromatic N) is 1. The molecular weight excluding hydrogens is 280 g/mol. The van der Waals surface area contributed by atoms with Crippen LogP contribution in [0.4, 0.5) is 5.69 Å². The van der Waals surface area contributed by atoms with Crippen molar-refractivity contribution in [1.29, 1.82) is 0 Å². The number of likely N-dealkylation sites (N-methyl/N-ethyl adjacent to an activating group) is 1. The summed E-state index contributed by atoms with van der Waals surface area (Å²) in [6.45, 7) is 4.21. The first-order valence-electron chi connectivity index (χ1n) is 7.45. The largest absolute Gasteiger partial charge is 0.374 e. The summed E-state index contributed by atoms with van der Waals surface area (Å²) in [5.74, 6) is 0. The summed E-state index contributed by atoms with van der Waals surface area (Å²) < 4.78 is 0. The molecule has 0 saturated carbocycles. The Morgan fingerprint density at radius 3 is 2.71 bits per heavy atom. The monoisotopic (exact) mass is 300 g/mol. The van der Waals surface area contributed by atoms with Crippen LogP contribution in [-0.4, -0.2) is 13.6 Å². The van der Waals surface area contributed by atoms with Gasteiger partial charge >= 0.3 is 0 Å². The van der Waals surface area contributed by atoms with E-state index in [2.05, 4.69) is 54.5 Å². The summed E-state index contributed by atoms with van der Waals surface area (Å²) in [7, 11) is 2.16. The van der Waals surface area contributed by atoms with Crippen LogP contribution in [0, 0.1) is 0 Å². The van der Waals surface area contributed by atoms with E-state index in [4.69, 9.17) is 11.6 Å². The van der Waals surface area contributed by atoms with Gasteiger partial charge in [0.25, 0.3) is 0 Å². The minimum atomic E-state index is 0.318. The van der Waals surface area contributed by atoms with E-state index in [1.807, 2.05) is 12.1 Å². The van der Waals surface area contributed by atoms with E-state index in [1.54, 1.807) is 0 Å². The summed E-state index contributed by atoms with van der Waals surface area (Å²) in [6, 6.07) is 15.2. The molecule has 0 bridgehead atoms. The van der Waals surface area contributed by atoms with Gasteiger partial charge < -0.3 is 10.2 Å². The Bertz CT molecular complexity index is 622. The molecule has 21 heavy (non-hydrogen) atoms. The van der Waals surface area contributed by atoms with E-state index in [0.717, 1.165) is 24.5 Å². The van der Waals surface area contributed by atoms with Crippen molar-refractivity contribution in [2.24, 2.45) is 0 Å². The summed E-state index contributed by atoms with van der Waals surface area (Å²) in [5, 5.41) is 4.37. The normalized spacial score (nSPS) is 15.1. The maximum atomic E-state index is 5.93. The second kappa shape index (κ2) is 6.08. The number of nitrogens with one attached hydrogen (secondary N) is 1. The number of halogens is 1. The van der Waals surface area contributed by atoms with Crippen molar-refractivity contribution in [3.05, 3.63) is 64.2 Å². The van der Waals surface area contributed by atoms with Gasteiger partial charge in [0.15, 0.2) is 0 Å². The lowest BCUT2D eigenvalue weighted by atomic mass is 10.1. The van der Waals surface area contributed by atoms with Gasteiger partial charge in [-0.15, -0.1) is 0 Å². The van der Waals surface area contributed by atoms with E-state index in [9.17, 15) is 0 Å². The molecule has 0 unspecified atom stereocenters. The Morgan fingerprint density at radius 2 is 1.95 bits per heavy atom. The van der Waals surface area contributed by atoms with Crippen molar-refractivity contribution in [3.63, 3.8) is 0 Å². The van der Waals surface area contributed by atoms with Crippen LogP contribution in [0.5, 0.6) is 0 Å². The number of fused-ring (bicyclic) bond motifs is 1. The predicted molar refractivity (Wildman–Crippen MR) is 90.1 cm³/mol. The fraction of sp³-hybridized carbons (Fsp3) is 0.333. The van der Waals surface area contributed by atoms with Gasteiger partial charge in [-0.1, -0.05) is 35.9 Å². The Labute approximate surface area is 131 Å². The fourth-order valence-corrected chi connectivity index (χ4v) is 3.00. The summed E-state index contributed by atoms with van der Waals surface area (Å²) in [6.07, 6.45) is 1.16. The Hall–Kier alpha value is -1.51. The number of anilines is 1. The molecule has 2 aromatic rings. The minimum absolute atomic E-state index is 0.318. The Morgan fingerprint density at radius 1 is 1.19 bits per heavy atom. The predicted octanol–water partition coefficient (Wildman–Crippen LogP) is 4.18. The van der Waals surface area contributed by atoms with Crippen molar-refractivity contribution in [2.75, 3.05) is 18.5 Å². The number of hydrogen-bond donors (Lipinski definition) is 1. The van der Waals surface area contributed by atoms with Crippen LogP contribution in [0.2, 0.25) is 5.02 Å². The lowest BCUT2D eigenvalue weighted by Gasteiger charge is -2.16. The van der Waals surface area contributed by atoms with Crippen molar-refractivity contribution in [3.8, 4) is 0 Å². The molecule has 110 valence electrons. The average molecular weight is 301 g/mol. The molecular formula is C18H21ClN2. The van der Waals surface area contributed by atoms with Crippen molar-refractivity contribution in [1.82, 2.24) is 5.32 Å². The molecule has 1 aliphatic rings. The van der Waals surface area contributed by atoms with E-state index in [-0.39, 0.29) is 0 Å².